The molecule has 0 aromatic heterocycles. The van der Waals surface area contributed by atoms with Crippen molar-refractivity contribution >= 4 is 28.8 Å². The average Bonchev–Trinajstić information content (AvgIpc) is 2.77. The number of anilines is 1. The number of piperazine rings is 1. The van der Waals surface area contributed by atoms with Crippen molar-refractivity contribution in [1.29, 1.82) is 0 Å². The molecule has 0 spiro atoms. The van der Waals surface area contributed by atoms with E-state index in [9.17, 15) is 4.79 Å². The van der Waals surface area contributed by atoms with Gasteiger partial charge in [0.1, 0.15) is 0 Å². The predicted molar refractivity (Wildman–Crippen MR) is 139 cm³/mol. The molecular formula is C28H36ClN3O. The molecule has 2 N–H and O–H groups in total. The number of amides is 1. The lowest BCUT2D eigenvalue weighted by Crippen LogP contribution is -2.57. The molecule has 1 aliphatic carbocycles. The van der Waals surface area contributed by atoms with E-state index in [1.807, 2.05) is 36.4 Å². The summed E-state index contributed by atoms with van der Waals surface area (Å²) in [5.74, 6) is -0.381. The van der Waals surface area contributed by atoms with Crippen molar-refractivity contribution in [3.05, 3.63) is 70.3 Å². The van der Waals surface area contributed by atoms with Crippen molar-refractivity contribution < 1.29 is 4.79 Å². The number of primary amides is 1. The van der Waals surface area contributed by atoms with Gasteiger partial charge < -0.3 is 10.6 Å². The molecule has 2 aliphatic rings. The lowest BCUT2D eigenvalue weighted by atomic mass is 9.72. The van der Waals surface area contributed by atoms with Crippen molar-refractivity contribution in [3.8, 4) is 0 Å². The molecule has 0 radical (unpaired) electrons. The molecule has 1 fully saturated rings. The molecule has 33 heavy (non-hydrogen) atoms. The summed E-state index contributed by atoms with van der Waals surface area (Å²) in [6.07, 6.45) is 3.49. The first-order valence-corrected chi connectivity index (χ1v) is 12.4. The maximum absolute atomic E-state index is 11.4. The van der Waals surface area contributed by atoms with Crippen LogP contribution in [0.15, 0.2) is 54.1 Å². The number of allylic oxidation sites excluding steroid dienone is 1. The zero-order chi connectivity index (χ0) is 23.8. The third kappa shape index (κ3) is 5.44. The molecule has 0 bridgehead atoms. The van der Waals surface area contributed by atoms with Crippen LogP contribution in [-0.2, 0) is 0 Å². The number of halogens is 1. The van der Waals surface area contributed by atoms with Crippen LogP contribution < -0.4 is 10.6 Å². The van der Waals surface area contributed by atoms with Gasteiger partial charge in [-0.05, 0) is 86.1 Å². The second kappa shape index (κ2) is 9.52. The topological polar surface area (TPSA) is 49.6 Å². The maximum Gasteiger partial charge on any atom is 0.248 e. The highest BCUT2D eigenvalue weighted by atomic mass is 35.5. The highest BCUT2D eigenvalue weighted by molar-refractivity contribution is 6.30. The van der Waals surface area contributed by atoms with Gasteiger partial charge in [-0.1, -0.05) is 43.2 Å². The van der Waals surface area contributed by atoms with Crippen LogP contribution >= 0.6 is 11.6 Å². The second-order valence-corrected chi connectivity index (χ2v) is 11.1. The van der Waals surface area contributed by atoms with Crippen LogP contribution in [-0.4, -0.2) is 42.5 Å². The van der Waals surface area contributed by atoms with Crippen molar-refractivity contribution in [2.75, 3.05) is 24.5 Å². The molecule has 1 saturated heterocycles. The van der Waals surface area contributed by atoms with Crippen LogP contribution in [0, 0.1) is 5.41 Å². The van der Waals surface area contributed by atoms with E-state index in [2.05, 4.69) is 49.6 Å². The van der Waals surface area contributed by atoms with Crippen LogP contribution in [0.2, 0.25) is 5.02 Å². The number of hydrogen-bond donors (Lipinski definition) is 1. The Bertz CT molecular complexity index is 1010. The van der Waals surface area contributed by atoms with Crippen molar-refractivity contribution in [1.82, 2.24) is 4.90 Å². The Morgan fingerprint density at radius 2 is 1.64 bits per heavy atom. The molecular weight excluding hydrogens is 430 g/mol. The van der Waals surface area contributed by atoms with E-state index >= 15 is 0 Å². The van der Waals surface area contributed by atoms with E-state index < -0.39 is 0 Å². The molecule has 1 heterocycles. The smallest absolute Gasteiger partial charge is 0.248 e. The standard InChI is InChI=1S/C28H36ClN3O/c1-19-16-31(25-11-7-22(8-12-25)27(30)33)17-20(2)32(19)18-23-13-14-28(3,4)15-26(23)21-5-9-24(29)10-6-21/h5-12,19-20H,13-18H2,1-4H3,(H2,30,33)/t19-,20-/m1/s1. The van der Waals surface area contributed by atoms with E-state index in [-0.39, 0.29) is 5.91 Å². The Morgan fingerprint density at radius 3 is 2.21 bits per heavy atom. The van der Waals surface area contributed by atoms with E-state index in [0.717, 1.165) is 43.2 Å². The summed E-state index contributed by atoms with van der Waals surface area (Å²) >= 11 is 6.17. The Balaban J connectivity index is 1.54. The molecule has 5 heteroatoms. The highest BCUT2D eigenvalue weighted by Crippen LogP contribution is 2.43. The lowest BCUT2D eigenvalue weighted by molar-refractivity contribution is 0.1000. The molecule has 2 aromatic carbocycles. The number of rotatable bonds is 5. The number of benzene rings is 2. The third-order valence-electron chi connectivity index (χ3n) is 7.37. The fraction of sp³-hybridized carbons (Fsp3) is 0.464. The summed E-state index contributed by atoms with van der Waals surface area (Å²) in [7, 11) is 0. The van der Waals surface area contributed by atoms with Gasteiger partial charge >= 0.3 is 0 Å². The number of carbonyl (C=O) groups is 1. The van der Waals surface area contributed by atoms with Gasteiger partial charge in [-0.25, -0.2) is 0 Å². The minimum atomic E-state index is -0.381. The summed E-state index contributed by atoms with van der Waals surface area (Å²) in [4.78, 5) is 16.5. The molecule has 4 rings (SSSR count). The molecule has 0 unspecified atom stereocenters. The first kappa shape index (κ1) is 23.8. The zero-order valence-electron chi connectivity index (χ0n) is 20.3. The van der Waals surface area contributed by atoms with E-state index in [0.29, 0.717) is 23.1 Å². The lowest BCUT2D eigenvalue weighted by Gasteiger charge is -2.46. The van der Waals surface area contributed by atoms with Gasteiger partial charge in [-0.3, -0.25) is 9.69 Å². The van der Waals surface area contributed by atoms with Crippen LogP contribution in [0.3, 0.4) is 0 Å². The minimum Gasteiger partial charge on any atom is -0.368 e. The van der Waals surface area contributed by atoms with Crippen LogP contribution in [0.1, 0.15) is 62.9 Å². The van der Waals surface area contributed by atoms with Crippen molar-refractivity contribution in [2.45, 2.75) is 59.0 Å². The van der Waals surface area contributed by atoms with Gasteiger partial charge in [0, 0.05) is 48.0 Å². The Labute approximate surface area is 203 Å². The normalized spacial score (nSPS) is 23.6. The Hall–Kier alpha value is -2.30. The van der Waals surface area contributed by atoms with Gasteiger partial charge in [0.15, 0.2) is 0 Å². The molecule has 176 valence electrons. The van der Waals surface area contributed by atoms with Crippen molar-refractivity contribution in [3.63, 3.8) is 0 Å². The average molecular weight is 466 g/mol. The zero-order valence-corrected chi connectivity index (χ0v) is 21.0. The first-order chi connectivity index (χ1) is 15.6. The summed E-state index contributed by atoms with van der Waals surface area (Å²) in [6, 6.07) is 16.9. The highest BCUT2D eigenvalue weighted by Gasteiger charge is 2.33. The summed E-state index contributed by atoms with van der Waals surface area (Å²) in [5, 5.41) is 0.790. The number of carbonyl (C=O) groups excluding carboxylic acids is 1. The Morgan fingerprint density at radius 1 is 1.03 bits per heavy atom. The SMILES string of the molecule is C[C@@H]1CN(c2ccc(C(N)=O)cc2)C[C@@H](C)N1CC1=C(c2ccc(Cl)cc2)CC(C)(C)CC1. The summed E-state index contributed by atoms with van der Waals surface area (Å²) in [5.41, 5.74) is 11.8. The molecule has 1 aliphatic heterocycles. The quantitative estimate of drug-likeness (QED) is 0.588. The van der Waals surface area contributed by atoms with Crippen LogP contribution in [0.25, 0.3) is 5.57 Å². The first-order valence-electron chi connectivity index (χ1n) is 12.0. The van der Waals surface area contributed by atoms with E-state index in [4.69, 9.17) is 17.3 Å². The number of nitrogens with two attached hydrogens (primary N) is 1. The van der Waals surface area contributed by atoms with Gasteiger partial charge in [0.2, 0.25) is 5.91 Å². The summed E-state index contributed by atoms with van der Waals surface area (Å²) in [6.45, 7) is 12.4. The Kier molecular flexibility index (Phi) is 6.88. The van der Waals surface area contributed by atoms with Gasteiger partial charge in [0.25, 0.3) is 0 Å². The largest absolute Gasteiger partial charge is 0.368 e. The summed E-state index contributed by atoms with van der Waals surface area (Å²) < 4.78 is 0. The second-order valence-electron chi connectivity index (χ2n) is 10.6. The van der Waals surface area contributed by atoms with Crippen molar-refractivity contribution in [2.24, 2.45) is 11.1 Å². The number of nitrogens with zero attached hydrogens (tertiary/aromatic N) is 2. The van der Waals surface area contributed by atoms with Crippen LogP contribution in [0.5, 0.6) is 0 Å². The fourth-order valence-electron chi connectivity index (χ4n) is 5.40. The van der Waals surface area contributed by atoms with E-state index in [1.165, 1.54) is 17.6 Å². The fourth-order valence-corrected chi connectivity index (χ4v) is 5.53. The number of hydrogen-bond acceptors (Lipinski definition) is 3. The van der Waals surface area contributed by atoms with Gasteiger partial charge in [-0.2, -0.15) is 0 Å². The van der Waals surface area contributed by atoms with Gasteiger partial charge in [0.05, 0.1) is 0 Å². The minimum absolute atomic E-state index is 0.325. The molecule has 4 nitrogen and oxygen atoms in total. The molecule has 2 aromatic rings. The molecule has 0 saturated carbocycles. The third-order valence-corrected chi connectivity index (χ3v) is 7.62. The van der Waals surface area contributed by atoms with E-state index in [1.54, 1.807) is 5.57 Å². The predicted octanol–water partition coefficient (Wildman–Crippen LogP) is 6.00. The molecule has 2 atom stereocenters. The van der Waals surface area contributed by atoms with Crippen LogP contribution in [0.4, 0.5) is 5.69 Å². The molecule has 1 amide bonds. The monoisotopic (exact) mass is 465 g/mol. The van der Waals surface area contributed by atoms with Gasteiger partial charge in [-0.15, -0.1) is 0 Å². The maximum atomic E-state index is 11.4.